The van der Waals surface area contributed by atoms with Gasteiger partial charge in [0.1, 0.15) is 12.5 Å². The van der Waals surface area contributed by atoms with Crippen LogP contribution in [0.3, 0.4) is 0 Å². The molecule has 0 bridgehead atoms. The van der Waals surface area contributed by atoms with E-state index < -0.39 is 6.67 Å². The summed E-state index contributed by atoms with van der Waals surface area (Å²) in [4.78, 5) is 2.05. The summed E-state index contributed by atoms with van der Waals surface area (Å²) in [5.74, 6) is -0.337. The smallest absolute Gasteiger partial charge is 0.137 e. The average Bonchev–Trinajstić information content (AvgIpc) is 2.37. The maximum atomic E-state index is 13.4. The molecule has 1 fully saturated rings. The summed E-state index contributed by atoms with van der Waals surface area (Å²) in [7, 11) is 0. The monoisotopic (exact) mass is 340 g/mol. The molecule has 1 aromatic carbocycles. The highest BCUT2D eigenvalue weighted by atomic mass is 79.9. The van der Waals surface area contributed by atoms with Gasteiger partial charge in [0.25, 0.3) is 0 Å². The minimum atomic E-state index is -0.498. The number of nitrogens with one attached hydrogen (secondary N) is 1. The fourth-order valence-corrected chi connectivity index (χ4v) is 2.68. The standard InChI is InChI=1S/C12H15BrF2N2.ClH/c13-12-9(2-1-3-10(12)15)11(8-14)17-6-4-16-5-7-17;/h1-3,11,16H,4-8H2;1H/t11-;/m1./s1. The Hall–Kier alpha value is -0.230. The molecule has 0 amide bonds. The second-order valence-corrected chi connectivity index (χ2v) is 4.89. The van der Waals surface area contributed by atoms with Crippen LogP contribution in [0.4, 0.5) is 8.78 Å². The van der Waals surface area contributed by atoms with Crippen LogP contribution >= 0.6 is 28.3 Å². The summed E-state index contributed by atoms with van der Waals surface area (Å²) in [6, 6.07) is 4.42. The first-order chi connectivity index (χ1) is 8.24. The molecule has 1 saturated heterocycles. The van der Waals surface area contributed by atoms with E-state index in [1.54, 1.807) is 12.1 Å². The molecule has 1 aliphatic rings. The first-order valence-electron chi connectivity index (χ1n) is 5.68. The lowest BCUT2D eigenvalue weighted by Gasteiger charge is -2.34. The van der Waals surface area contributed by atoms with Gasteiger partial charge in [-0.3, -0.25) is 4.90 Å². The van der Waals surface area contributed by atoms with Gasteiger partial charge in [-0.1, -0.05) is 12.1 Å². The average molecular weight is 342 g/mol. The number of halogens is 4. The van der Waals surface area contributed by atoms with Crippen LogP contribution in [0, 0.1) is 5.82 Å². The van der Waals surface area contributed by atoms with E-state index in [9.17, 15) is 8.78 Å². The van der Waals surface area contributed by atoms with Crippen molar-refractivity contribution in [2.24, 2.45) is 0 Å². The molecule has 0 aliphatic carbocycles. The molecule has 1 atom stereocenters. The predicted molar refractivity (Wildman–Crippen MR) is 74.5 cm³/mol. The Labute approximate surface area is 120 Å². The molecular weight excluding hydrogens is 325 g/mol. The largest absolute Gasteiger partial charge is 0.314 e. The maximum Gasteiger partial charge on any atom is 0.137 e. The van der Waals surface area contributed by atoms with Crippen LogP contribution in [0.1, 0.15) is 11.6 Å². The van der Waals surface area contributed by atoms with Gasteiger partial charge in [0.2, 0.25) is 0 Å². The number of rotatable bonds is 3. The quantitative estimate of drug-likeness (QED) is 0.909. The number of hydrogen-bond acceptors (Lipinski definition) is 2. The molecule has 6 heteroatoms. The second-order valence-electron chi connectivity index (χ2n) is 4.10. The Morgan fingerprint density at radius 1 is 1.33 bits per heavy atom. The van der Waals surface area contributed by atoms with E-state index in [1.165, 1.54) is 6.07 Å². The zero-order valence-electron chi connectivity index (χ0n) is 9.83. The first-order valence-corrected chi connectivity index (χ1v) is 6.48. The van der Waals surface area contributed by atoms with Gasteiger partial charge in [-0.25, -0.2) is 8.78 Å². The Kier molecular flexibility index (Phi) is 6.49. The number of piperazine rings is 1. The third-order valence-electron chi connectivity index (χ3n) is 3.08. The predicted octanol–water partition coefficient (Wildman–Crippen LogP) is 2.93. The lowest BCUT2D eigenvalue weighted by atomic mass is 10.1. The summed E-state index contributed by atoms with van der Waals surface area (Å²) in [6.07, 6.45) is 0. The molecule has 0 aromatic heterocycles. The zero-order chi connectivity index (χ0) is 12.3. The third-order valence-corrected chi connectivity index (χ3v) is 3.92. The fraction of sp³-hybridized carbons (Fsp3) is 0.500. The molecule has 1 aromatic rings. The summed E-state index contributed by atoms with van der Waals surface area (Å²) in [5, 5.41) is 3.22. The summed E-state index contributed by atoms with van der Waals surface area (Å²) < 4.78 is 27.1. The number of alkyl halides is 1. The van der Waals surface area contributed by atoms with E-state index in [0.717, 1.165) is 26.2 Å². The highest BCUT2D eigenvalue weighted by molar-refractivity contribution is 9.10. The van der Waals surface area contributed by atoms with Crippen molar-refractivity contribution in [1.82, 2.24) is 10.2 Å². The number of benzene rings is 1. The van der Waals surface area contributed by atoms with Gasteiger partial charge in [0.05, 0.1) is 10.5 Å². The van der Waals surface area contributed by atoms with E-state index in [1.807, 2.05) is 0 Å². The van der Waals surface area contributed by atoms with E-state index in [0.29, 0.717) is 10.0 Å². The SMILES string of the molecule is Cl.FC[C@H](c1cccc(F)c1Br)N1CCNCC1. The Balaban J connectivity index is 0.00000162. The van der Waals surface area contributed by atoms with Gasteiger partial charge >= 0.3 is 0 Å². The Bertz CT molecular complexity index is 386. The second kappa shape index (κ2) is 7.38. The third kappa shape index (κ3) is 3.41. The van der Waals surface area contributed by atoms with E-state index in [-0.39, 0.29) is 24.3 Å². The Morgan fingerprint density at radius 3 is 2.61 bits per heavy atom. The van der Waals surface area contributed by atoms with Crippen molar-refractivity contribution < 1.29 is 8.78 Å². The van der Waals surface area contributed by atoms with Crippen molar-refractivity contribution in [3.8, 4) is 0 Å². The van der Waals surface area contributed by atoms with Crippen molar-refractivity contribution in [2.45, 2.75) is 6.04 Å². The molecule has 0 saturated carbocycles. The van der Waals surface area contributed by atoms with Crippen LogP contribution in [-0.2, 0) is 0 Å². The summed E-state index contributed by atoms with van der Waals surface area (Å²) in [5.41, 5.74) is 0.689. The summed E-state index contributed by atoms with van der Waals surface area (Å²) in [6.45, 7) is 2.78. The lowest BCUT2D eigenvalue weighted by Crippen LogP contribution is -2.45. The highest BCUT2D eigenvalue weighted by Crippen LogP contribution is 2.30. The maximum absolute atomic E-state index is 13.4. The normalized spacial score (nSPS) is 18.2. The van der Waals surface area contributed by atoms with Gasteiger partial charge in [-0.2, -0.15) is 0 Å². The van der Waals surface area contributed by atoms with Gasteiger partial charge in [-0.05, 0) is 27.6 Å². The molecule has 1 aliphatic heterocycles. The molecule has 0 radical (unpaired) electrons. The van der Waals surface area contributed by atoms with Crippen LogP contribution in [0.15, 0.2) is 22.7 Å². The topological polar surface area (TPSA) is 15.3 Å². The van der Waals surface area contributed by atoms with Gasteiger partial charge in [0.15, 0.2) is 0 Å². The van der Waals surface area contributed by atoms with E-state index in [4.69, 9.17) is 0 Å². The molecule has 0 spiro atoms. The molecule has 0 unspecified atom stereocenters. The van der Waals surface area contributed by atoms with Crippen molar-refractivity contribution in [2.75, 3.05) is 32.9 Å². The summed E-state index contributed by atoms with van der Waals surface area (Å²) >= 11 is 3.20. The molecule has 18 heavy (non-hydrogen) atoms. The van der Waals surface area contributed by atoms with Crippen LogP contribution in [0.25, 0.3) is 0 Å². The van der Waals surface area contributed by atoms with Gasteiger partial charge < -0.3 is 5.32 Å². The molecular formula is C12H16BrClF2N2. The van der Waals surface area contributed by atoms with Crippen LogP contribution < -0.4 is 5.32 Å². The highest BCUT2D eigenvalue weighted by Gasteiger charge is 2.24. The minimum absolute atomic E-state index is 0. The molecule has 1 N–H and O–H groups in total. The lowest BCUT2D eigenvalue weighted by molar-refractivity contribution is 0.147. The molecule has 2 rings (SSSR count). The van der Waals surface area contributed by atoms with Gasteiger partial charge in [-0.15, -0.1) is 12.4 Å². The minimum Gasteiger partial charge on any atom is -0.314 e. The Morgan fingerprint density at radius 2 is 2.00 bits per heavy atom. The molecule has 102 valence electrons. The first kappa shape index (κ1) is 15.8. The van der Waals surface area contributed by atoms with E-state index >= 15 is 0 Å². The van der Waals surface area contributed by atoms with Crippen molar-refractivity contribution in [3.63, 3.8) is 0 Å². The number of hydrogen-bond donors (Lipinski definition) is 1. The van der Waals surface area contributed by atoms with Crippen LogP contribution in [0.5, 0.6) is 0 Å². The zero-order valence-corrected chi connectivity index (χ0v) is 12.2. The van der Waals surface area contributed by atoms with Crippen molar-refractivity contribution in [3.05, 3.63) is 34.1 Å². The fourth-order valence-electron chi connectivity index (χ4n) is 2.15. The van der Waals surface area contributed by atoms with E-state index in [2.05, 4.69) is 26.1 Å². The molecule has 2 nitrogen and oxygen atoms in total. The van der Waals surface area contributed by atoms with Crippen LogP contribution in [-0.4, -0.2) is 37.8 Å². The molecule has 1 heterocycles. The number of nitrogens with zero attached hydrogens (tertiary/aromatic N) is 1. The van der Waals surface area contributed by atoms with Crippen molar-refractivity contribution in [1.29, 1.82) is 0 Å². The van der Waals surface area contributed by atoms with Crippen molar-refractivity contribution >= 4 is 28.3 Å². The van der Waals surface area contributed by atoms with Crippen LogP contribution in [0.2, 0.25) is 0 Å². The van der Waals surface area contributed by atoms with Gasteiger partial charge in [0, 0.05) is 26.2 Å².